The molecule has 0 unspecified atom stereocenters. The number of nitrogens with zero attached hydrogens (tertiary/aromatic N) is 3. The number of halogens is 1. The Morgan fingerprint density at radius 2 is 1.95 bits per heavy atom. The minimum Gasteiger partial charge on any atom is -0.490 e. The standard InChI is InChI=1S/C31H38FN5O3/c1-20-14-21(15-30(38)36-22(18-33)19-35-31(2,3)4)26(32)17-29(20)40-28-8-11-34-27-7-6-24(16-25(27)28)39-23-9-12-37(5)13-10-23/h6-8,11,14,16-19,23H,9-10,12-13,15,33H2,1-5H3,(H,36,38)/b22-18+,35-19?. The molecule has 1 amide bonds. The van der Waals surface area contributed by atoms with Gasteiger partial charge in [-0.15, -0.1) is 0 Å². The number of likely N-dealkylation sites (tertiary alicyclic amines) is 1. The first-order valence-electron chi connectivity index (χ1n) is 13.5. The van der Waals surface area contributed by atoms with Crippen LogP contribution < -0.4 is 20.5 Å². The molecule has 2 aromatic carbocycles. The second-order valence-corrected chi connectivity index (χ2v) is 11.2. The molecular formula is C31H38FN5O3. The molecule has 0 saturated carbocycles. The van der Waals surface area contributed by atoms with E-state index in [2.05, 4.69) is 27.2 Å². The van der Waals surface area contributed by atoms with Crippen LogP contribution in [0.3, 0.4) is 0 Å². The van der Waals surface area contributed by atoms with Gasteiger partial charge in [0, 0.05) is 43.2 Å². The second kappa shape index (κ2) is 12.5. The van der Waals surface area contributed by atoms with Crippen molar-refractivity contribution in [3.8, 4) is 17.2 Å². The number of aromatic nitrogens is 1. The molecule has 2 heterocycles. The van der Waals surface area contributed by atoms with Crippen molar-refractivity contribution >= 4 is 23.0 Å². The fourth-order valence-electron chi connectivity index (χ4n) is 4.40. The zero-order valence-electron chi connectivity index (χ0n) is 23.8. The summed E-state index contributed by atoms with van der Waals surface area (Å²) in [6.45, 7) is 9.62. The van der Waals surface area contributed by atoms with Crippen molar-refractivity contribution in [2.24, 2.45) is 10.7 Å². The van der Waals surface area contributed by atoms with Crippen LogP contribution in [0.15, 0.2) is 59.5 Å². The first-order chi connectivity index (χ1) is 19.0. The van der Waals surface area contributed by atoms with E-state index in [0.717, 1.165) is 42.6 Å². The Labute approximate surface area is 235 Å². The Morgan fingerprint density at radius 3 is 2.65 bits per heavy atom. The van der Waals surface area contributed by atoms with Crippen molar-refractivity contribution in [1.29, 1.82) is 0 Å². The monoisotopic (exact) mass is 547 g/mol. The van der Waals surface area contributed by atoms with Crippen LogP contribution in [0.4, 0.5) is 4.39 Å². The van der Waals surface area contributed by atoms with E-state index in [1.165, 1.54) is 18.5 Å². The van der Waals surface area contributed by atoms with Gasteiger partial charge in [-0.1, -0.05) is 0 Å². The third-order valence-electron chi connectivity index (χ3n) is 6.61. The lowest BCUT2D eigenvalue weighted by molar-refractivity contribution is -0.119. The number of benzene rings is 2. The zero-order chi connectivity index (χ0) is 28.9. The van der Waals surface area contributed by atoms with Gasteiger partial charge in [0.05, 0.1) is 23.2 Å². The van der Waals surface area contributed by atoms with Gasteiger partial charge in [-0.05, 0) is 89.0 Å². The largest absolute Gasteiger partial charge is 0.490 e. The number of fused-ring (bicyclic) bond motifs is 1. The summed E-state index contributed by atoms with van der Waals surface area (Å²) >= 11 is 0. The van der Waals surface area contributed by atoms with Gasteiger partial charge in [-0.2, -0.15) is 0 Å². The third kappa shape index (κ3) is 7.79. The topological polar surface area (TPSA) is 102 Å². The maximum atomic E-state index is 15.1. The summed E-state index contributed by atoms with van der Waals surface area (Å²) in [5.74, 6) is 0.712. The highest BCUT2D eigenvalue weighted by Gasteiger charge is 2.19. The minimum atomic E-state index is -0.540. The average Bonchev–Trinajstić information content (AvgIpc) is 2.90. The van der Waals surface area contributed by atoms with Crippen molar-refractivity contribution in [2.45, 2.75) is 58.6 Å². The van der Waals surface area contributed by atoms with Crippen LogP contribution in [0.1, 0.15) is 44.7 Å². The molecule has 1 saturated heterocycles. The van der Waals surface area contributed by atoms with Gasteiger partial charge in [0.1, 0.15) is 29.2 Å². The lowest BCUT2D eigenvalue weighted by Crippen LogP contribution is -2.35. The highest BCUT2D eigenvalue weighted by molar-refractivity contribution is 5.89. The highest BCUT2D eigenvalue weighted by atomic mass is 19.1. The Hall–Kier alpha value is -3.98. The number of hydrogen-bond donors (Lipinski definition) is 2. The van der Waals surface area contributed by atoms with E-state index in [4.69, 9.17) is 15.2 Å². The normalized spacial score (nSPS) is 15.5. The van der Waals surface area contributed by atoms with Crippen molar-refractivity contribution in [3.05, 3.63) is 71.4 Å². The number of nitrogens with one attached hydrogen (secondary N) is 1. The van der Waals surface area contributed by atoms with Gasteiger partial charge in [-0.3, -0.25) is 14.8 Å². The van der Waals surface area contributed by atoms with Crippen molar-refractivity contribution in [1.82, 2.24) is 15.2 Å². The number of carbonyl (C=O) groups excluding carboxylic acids is 1. The molecule has 0 aliphatic carbocycles. The van der Waals surface area contributed by atoms with E-state index in [9.17, 15) is 4.79 Å². The van der Waals surface area contributed by atoms with Crippen LogP contribution in [0.25, 0.3) is 10.9 Å². The predicted octanol–water partition coefficient (Wildman–Crippen LogP) is 5.28. The van der Waals surface area contributed by atoms with Crippen LogP contribution in [0.5, 0.6) is 17.2 Å². The van der Waals surface area contributed by atoms with E-state index >= 15 is 4.39 Å². The van der Waals surface area contributed by atoms with Gasteiger partial charge in [-0.25, -0.2) is 4.39 Å². The van der Waals surface area contributed by atoms with Gasteiger partial charge in [0.25, 0.3) is 0 Å². The quantitative estimate of drug-likeness (QED) is 0.372. The Bertz CT molecular complexity index is 1420. The summed E-state index contributed by atoms with van der Waals surface area (Å²) in [5, 5.41) is 3.45. The molecule has 1 aromatic heterocycles. The summed E-state index contributed by atoms with van der Waals surface area (Å²) in [5.41, 5.74) is 7.34. The Kier molecular flexibility index (Phi) is 9.04. The average molecular weight is 548 g/mol. The molecule has 0 bridgehead atoms. The van der Waals surface area contributed by atoms with Crippen molar-refractivity contribution in [3.63, 3.8) is 0 Å². The maximum absolute atomic E-state index is 15.1. The van der Waals surface area contributed by atoms with Crippen LogP contribution in [0.2, 0.25) is 0 Å². The second-order valence-electron chi connectivity index (χ2n) is 11.2. The van der Waals surface area contributed by atoms with Gasteiger partial charge >= 0.3 is 0 Å². The lowest BCUT2D eigenvalue weighted by Gasteiger charge is -2.29. The fourth-order valence-corrected chi connectivity index (χ4v) is 4.40. The van der Waals surface area contributed by atoms with Gasteiger partial charge in [0.15, 0.2) is 0 Å². The van der Waals surface area contributed by atoms with Crippen LogP contribution in [-0.2, 0) is 11.2 Å². The first kappa shape index (κ1) is 29.0. The fraction of sp³-hybridized carbons (Fsp3) is 0.387. The number of aryl methyl sites for hydroxylation is 1. The summed E-state index contributed by atoms with van der Waals surface area (Å²) in [6, 6.07) is 10.4. The SMILES string of the molecule is Cc1cc(CC(=O)N/C(C=NC(C)(C)C)=C/N)c(F)cc1Oc1ccnc2ccc(OC3CCN(C)CC3)cc12. The molecule has 40 heavy (non-hydrogen) atoms. The molecule has 8 nitrogen and oxygen atoms in total. The molecule has 3 aromatic rings. The van der Waals surface area contributed by atoms with Crippen LogP contribution in [0, 0.1) is 12.7 Å². The summed E-state index contributed by atoms with van der Waals surface area (Å²) in [7, 11) is 2.12. The minimum absolute atomic E-state index is 0.163. The van der Waals surface area contributed by atoms with Crippen molar-refractivity contribution < 1.29 is 18.7 Å². The number of ether oxygens (including phenoxy) is 2. The molecule has 9 heteroatoms. The number of nitrogens with two attached hydrogens (primary N) is 1. The number of piperidine rings is 1. The maximum Gasteiger partial charge on any atom is 0.228 e. The molecule has 4 rings (SSSR count). The van der Waals surface area contributed by atoms with E-state index in [1.54, 1.807) is 18.3 Å². The number of allylic oxidation sites excluding steroid dienone is 1. The predicted molar refractivity (Wildman–Crippen MR) is 156 cm³/mol. The molecule has 3 N–H and O–H groups in total. The summed E-state index contributed by atoms with van der Waals surface area (Å²) in [6.07, 6.45) is 6.37. The van der Waals surface area contributed by atoms with Crippen molar-refractivity contribution in [2.75, 3.05) is 20.1 Å². The van der Waals surface area contributed by atoms with Crippen LogP contribution in [-0.4, -0.2) is 53.8 Å². The third-order valence-corrected chi connectivity index (χ3v) is 6.61. The number of aliphatic imine (C=N–C) groups is 1. The van der Waals surface area contributed by atoms with E-state index in [1.807, 2.05) is 45.9 Å². The molecule has 1 aliphatic rings. The summed E-state index contributed by atoms with van der Waals surface area (Å²) < 4.78 is 27.6. The molecule has 0 radical (unpaired) electrons. The first-order valence-corrected chi connectivity index (χ1v) is 13.5. The highest BCUT2D eigenvalue weighted by Crippen LogP contribution is 2.34. The number of carbonyl (C=O) groups is 1. The van der Waals surface area contributed by atoms with Crippen LogP contribution >= 0.6 is 0 Å². The zero-order valence-corrected chi connectivity index (χ0v) is 23.8. The summed E-state index contributed by atoms with van der Waals surface area (Å²) in [4.78, 5) is 23.7. The number of rotatable bonds is 8. The van der Waals surface area contributed by atoms with E-state index in [-0.39, 0.29) is 23.6 Å². The lowest BCUT2D eigenvalue weighted by atomic mass is 10.1. The number of hydrogen-bond acceptors (Lipinski definition) is 7. The Balaban J connectivity index is 1.49. The van der Waals surface area contributed by atoms with E-state index < -0.39 is 11.7 Å². The molecule has 0 spiro atoms. The number of pyridine rings is 1. The van der Waals surface area contributed by atoms with Gasteiger partial charge in [0.2, 0.25) is 5.91 Å². The van der Waals surface area contributed by atoms with E-state index in [0.29, 0.717) is 22.8 Å². The molecule has 1 aliphatic heterocycles. The number of amides is 1. The molecule has 0 atom stereocenters. The molecular weight excluding hydrogens is 509 g/mol. The molecule has 1 fully saturated rings. The molecule has 212 valence electrons. The van der Waals surface area contributed by atoms with Gasteiger partial charge < -0.3 is 25.4 Å². The Morgan fingerprint density at radius 1 is 1.20 bits per heavy atom. The smallest absolute Gasteiger partial charge is 0.228 e.